The van der Waals surface area contributed by atoms with Gasteiger partial charge in [0.05, 0.1) is 96.2 Å². The highest BCUT2D eigenvalue weighted by molar-refractivity contribution is 6.00. The van der Waals surface area contributed by atoms with E-state index < -0.39 is 404 Å². The van der Waals surface area contributed by atoms with Crippen LogP contribution in [0.2, 0.25) is 0 Å². The molecule has 18 N–H and O–H groups in total. The van der Waals surface area contributed by atoms with Gasteiger partial charge < -0.3 is 130 Å². The number of aliphatic hydroxyl groups excluding tert-OH is 16. The topological polar surface area (TPSA) is 578 Å². The van der Waals surface area contributed by atoms with E-state index in [9.17, 15) is 81.7 Å². The maximum Gasteiger partial charge on any atom is 0.204 e. The molecule has 20 atom stereocenters. The molecule has 7 aromatic heterocycles. The number of fused-ring (bicyclic) bond motifs is 8. The average molecular weight is 1940 g/mol. The minimum atomic E-state index is -2.50. The number of aliphatic hydroxyl groups is 16. The Hall–Kier alpha value is -12.7. The summed E-state index contributed by atoms with van der Waals surface area (Å²) < 4.78 is 325. The van der Waals surface area contributed by atoms with Crippen molar-refractivity contribution in [1.29, 1.82) is 0 Å². The van der Waals surface area contributed by atoms with Crippen LogP contribution in [0.15, 0.2) is 49.1 Å². The highest BCUT2D eigenvalue weighted by Gasteiger charge is 2.50. The molecule has 0 spiro atoms. The van der Waals surface area contributed by atoms with E-state index in [1.165, 1.54) is 0 Å². The molecule has 4 saturated heterocycles. The summed E-state index contributed by atoms with van der Waals surface area (Å²) in [5.41, 5.74) is -23.6. The summed E-state index contributed by atoms with van der Waals surface area (Å²) in [7, 11) is 0. The van der Waals surface area contributed by atoms with Crippen molar-refractivity contribution in [3.05, 3.63) is 188 Å². The maximum absolute atomic E-state index is 17.8. The number of hydrogen-bond acceptors (Lipinski definition) is 34. The average Bonchev–Trinajstić information content (AvgIpc) is 1.58. The lowest BCUT2D eigenvalue weighted by atomic mass is 9.98. The molecule has 4 fully saturated rings. The van der Waals surface area contributed by atoms with Crippen molar-refractivity contribution >= 4 is 46.4 Å². The molecule has 40 nitrogen and oxygen atoms in total. The van der Waals surface area contributed by atoms with E-state index in [0.29, 0.717) is 67.3 Å². The van der Waals surface area contributed by atoms with Crippen LogP contribution in [0.4, 0.5) is 70.2 Å². The van der Waals surface area contributed by atoms with Crippen LogP contribution in [-0.4, -0.2) is 286 Å². The van der Waals surface area contributed by atoms with Crippen LogP contribution < -0.4 is 18.9 Å². The van der Waals surface area contributed by atoms with Gasteiger partial charge in [0.25, 0.3) is 0 Å². The van der Waals surface area contributed by atoms with E-state index in [2.05, 4.69) is 61.2 Å². The quantitative estimate of drug-likeness (QED) is 0.0304. The van der Waals surface area contributed by atoms with Crippen LogP contribution >= 0.6 is 0 Å². The molecular weight excluding hydrogens is 1870 g/mol. The van der Waals surface area contributed by atoms with E-state index in [1.807, 2.05) is 0 Å². The summed E-state index contributed by atoms with van der Waals surface area (Å²) in [4.78, 5) is 13.3. The zero-order valence-electron chi connectivity index (χ0n) is 67.9. The van der Waals surface area contributed by atoms with Crippen LogP contribution in [-0.2, 0) is 45.4 Å². The number of nitrogens with zero attached hydrogens (tertiary/aromatic N) is 14. The molecule has 13 heterocycles. The van der Waals surface area contributed by atoms with Gasteiger partial charge in [-0.1, -0.05) is 20.9 Å². The molecule has 0 unspecified atom stereocenters. The van der Waals surface area contributed by atoms with Crippen molar-refractivity contribution in [2.45, 2.75) is 149 Å². The SMILES string of the molecule is OC[C@H]1O[C@@H](n2cc(COc3c(F)c(F)c(-c4c5nc(c(-c6c(F)c(F)c(OCc7cn([C@@H]8O[C@H](CO)[C@@H](O)[C@H](O)[C@H]8O)nn7)c(F)c6F)c6ccc([nH]6)c(-c6c(F)c(F)c(OCc7cn([C@@H]8O[C@H](CO)[C@@H](O)[C@H](O)[C@H]8O)nn7)c(F)c6F)c6nc(c(-c7c(F)c(F)c(OCc8cn([C@@H]9O[C@H](CO)[C@@H](O)[C@H](O)[C@H]9O)nn8)c(F)c7F)c7ccc4[nH]7)C=C6)C=C5)c(F)c3F)nn2)[C@H](O)[C@@H](O)[C@@H]1O. The zero-order valence-corrected chi connectivity index (χ0v) is 67.9. The van der Waals surface area contributed by atoms with E-state index in [0.717, 1.165) is 24.8 Å². The third-order valence-corrected chi connectivity index (χ3v) is 22.8. The zero-order chi connectivity index (χ0) is 97.2. The van der Waals surface area contributed by atoms with Crippen LogP contribution in [0.1, 0.15) is 70.5 Å². The molecule has 0 aliphatic carbocycles. The number of benzene rings is 4. The molecule has 0 saturated carbocycles. The largest absolute Gasteiger partial charge is 0.481 e. The summed E-state index contributed by atoms with van der Waals surface area (Å²) in [6.45, 7) is -8.58. The van der Waals surface area contributed by atoms with E-state index in [4.69, 9.17) is 37.9 Å². The van der Waals surface area contributed by atoms with E-state index in [1.54, 1.807) is 0 Å². The maximum atomic E-state index is 17.8. The van der Waals surface area contributed by atoms with Gasteiger partial charge in [-0.25, -0.2) is 63.8 Å². The third-order valence-electron chi connectivity index (χ3n) is 22.8. The first-order chi connectivity index (χ1) is 64.9. The van der Waals surface area contributed by atoms with Crippen molar-refractivity contribution in [2.24, 2.45) is 0 Å². The fourth-order valence-corrected chi connectivity index (χ4v) is 15.9. The second-order valence-electron chi connectivity index (χ2n) is 31.1. The Labute approximate surface area is 744 Å². The Morgan fingerprint density at radius 2 is 0.441 bits per heavy atom. The molecule has 11 aromatic rings. The van der Waals surface area contributed by atoms with Gasteiger partial charge in [0.2, 0.25) is 46.5 Å². The van der Waals surface area contributed by atoms with E-state index in [-0.39, 0.29) is 0 Å². The van der Waals surface area contributed by atoms with Gasteiger partial charge in [0, 0.05) is 44.3 Å². The van der Waals surface area contributed by atoms with Crippen LogP contribution in [0.25, 0.3) is 90.9 Å². The molecule has 56 heteroatoms. The first-order valence-electron chi connectivity index (χ1n) is 39.9. The van der Waals surface area contributed by atoms with Gasteiger partial charge in [-0.2, -0.15) is 35.1 Å². The molecule has 6 aliphatic heterocycles. The standard InChI is InChI=1S/C80H66F16N16O24/c81-45-41(46(82)54(90)73(53(45)89)129-17-21-9-109(105-101-21)77-69(125)65(121)61(117)33(13-113)133-77)37-25-1-2-26(97-25)38(42-47(83)55(91)74(56(92)48(42)84)130-18-22-10-110(106-102-22)78-70(126)66(122)62(118)34(14-114)134-78)28-5-6-30(99-28)40(44-51(87)59(95)76(60(96)52(44)88)132-20-24-12-112(108-104-24)80-72(128)68(124)64(120)36(16-116)136-80)32-8-7-31(100-32)39(29-4-3-27(37)98-29)43-49(85)57(93)75(58(94)50(43)86)131-19-23-11-111(107-103-23)79-71(127)67(123)63(119)35(15-115)135-79/h1-12,33-36,61-72,77-80,97,100,113-128H,13-20H2/t33-,34-,35-,36-,61-,62-,63-,64-,65+,66+,67+,68+,69-,70-,71-,72-,77-,78-,79-,80-/m1/s1. The lowest BCUT2D eigenvalue weighted by Crippen LogP contribution is -2.56. The number of H-pyrrole nitrogens is 2. The first kappa shape index (κ1) is 95.1. The molecule has 0 radical (unpaired) electrons. The Morgan fingerprint density at radius 1 is 0.257 bits per heavy atom. The molecule has 8 bridgehead atoms. The Kier molecular flexibility index (Phi) is 26.2. The predicted octanol–water partition coefficient (Wildman–Crippen LogP) is 2.12. The minimum Gasteiger partial charge on any atom is -0.481 e. The van der Waals surface area contributed by atoms with E-state index >= 15 is 70.2 Å². The van der Waals surface area contributed by atoms with Gasteiger partial charge >= 0.3 is 0 Å². The highest BCUT2D eigenvalue weighted by atomic mass is 19.2. The van der Waals surface area contributed by atoms with Gasteiger partial charge in [-0.3, -0.25) is 0 Å². The Balaban J connectivity index is 0.854. The lowest BCUT2D eigenvalue weighted by Gasteiger charge is -2.39. The molecule has 6 aliphatic rings. The fourth-order valence-electron chi connectivity index (χ4n) is 15.9. The van der Waals surface area contributed by atoms with Crippen LogP contribution in [0.5, 0.6) is 23.0 Å². The van der Waals surface area contributed by atoms with Crippen molar-refractivity contribution in [1.82, 2.24) is 79.9 Å². The lowest BCUT2D eigenvalue weighted by molar-refractivity contribution is -0.254. The van der Waals surface area contributed by atoms with Gasteiger partial charge in [-0.15, -0.1) is 20.4 Å². The fraction of sp³-hybridized carbons (Fsp3) is 0.350. The van der Waals surface area contributed by atoms with Gasteiger partial charge in [0.1, 0.15) is 147 Å². The molecule has 136 heavy (non-hydrogen) atoms. The molecule has 17 rings (SSSR count). The first-order valence-corrected chi connectivity index (χ1v) is 39.9. The predicted molar refractivity (Wildman–Crippen MR) is 413 cm³/mol. The van der Waals surface area contributed by atoms with Crippen molar-refractivity contribution < 1.29 is 190 Å². The normalized spacial score (nSPS) is 25.7. The van der Waals surface area contributed by atoms with Gasteiger partial charge in [-0.05, 0) is 48.6 Å². The smallest absolute Gasteiger partial charge is 0.204 e. The molecular formula is C80H66F16N16O24. The van der Waals surface area contributed by atoms with Gasteiger partial charge in [0.15, 0.2) is 94.4 Å². The second kappa shape index (κ2) is 37.4. The summed E-state index contributed by atoms with van der Waals surface area (Å²) in [5.74, 6) is -47.4. The monoisotopic (exact) mass is 1940 g/mol. The summed E-state index contributed by atoms with van der Waals surface area (Å²) in [6, 6.07) is 2.54. The Bertz CT molecular complexity index is 5860. The minimum absolute atomic E-state index is 0.504. The number of halogens is 16. The summed E-state index contributed by atoms with van der Waals surface area (Å²) >= 11 is 0. The second-order valence-corrected chi connectivity index (χ2v) is 31.1. The number of aromatic amines is 2. The van der Waals surface area contributed by atoms with Crippen molar-refractivity contribution in [2.75, 3.05) is 26.4 Å². The third kappa shape index (κ3) is 16.4. The number of nitrogens with one attached hydrogen (secondary N) is 2. The summed E-state index contributed by atoms with van der Waals surface area (Å²) in [6.07, 6.45) is -30.9. The number of ether oxygens (including phenoxy) is 8. The molecule has 722 valence electrons. The summed E-state index contributed by atoms with van der Waals surface area (Å²) in [5, 5.41) is 194. The molecule has 0 amide bonds. The van der Waals surface area contributed by atoms with Crippen LogP contribution in [0.3, 0.4) is 0 Å². The number of aromatic nitrogens is 16. The van der Waals surface area contributed by atoms with Crippen LogP contribution in [0, 0.1) is 93.1 Å². The number of hydrogen-bond donors (Lipinski definition) is 18. The highest BCUT2D eigenvalue weighted by Crippen LogP contribution is 2.49. The van der Waals surface area contributed by atoms with Crippen molar-refractivity contribution in [3.8, 4) is 67.5 Å². The Morgan fingerprint density at radius 3 is 0.618 bits per heavy atom. The van der Waals surface area contributed by atoms with Crippen molar-refractivity contribution in [3.63, 3.8) is 0 Å². The molecule has 4 aromatic carbocycles. The number of rotatable bonds is 24.